The molecule has 25 nitrogen and oxygen atoms in total. The number of amides is 3. The Morgan fingerprint density at radius 3 is 1.51 bits per heavy atom. The number of nitrogens with zero attached hydrogens (tertiary/aromatic N) is 14. The third-order valence-electron chi connectivity index (χ3n) is 12.7. The fraction of sp³-hybridized carbons (Fsp3) is 0.167. The van der Waals surface area contributed by atoms with Crippen molar-refractivity contribution >= 4 is 183 Å². The minimum absolute atomic E-state index is 0. The molecule has 0 spiro atoms. The molecule has 0 aliphatic rings. The number of halogens is 5. The van der Waals surface area contributed by atoms with Crippen LogP contribution in [-0.2, 0) is 19.1 Å². The number of likely N-dealkylation sites (N-methyl/N-ethyl adjacent to an activating group) is 2. The maximum absolute atomic E-state index is 12.1. The summed E-state index contributed by atoms with van der Waals surface area (Å²) in [7, 11) is 3.82. The highest BCUT2D eigenvalue weighted by molar-refractivity contribution is 14.1. The molecule has 0 fully saturated rings. The summed E-state index contributed by atoms with van der Waals surface area (Å²) in [6.07, 6.45) is 7.21. The zero-order valence-corrected chi connectivity index (χ0v) is 58.7. The molecule has 6 aromatic heterocycles. The van der Waals surface area contributed by atoms with Gasteiger partial charge >= 0.3 is 13.2 Å². The quantitative estimate of drug-likeness (QED) is 0.0286. The van der Waals surface area contributed by atoms with Crippen LogP contribution in [0.2, 0.25) is 10.0 Å². The molecule has 0 radical (unpaired) electrons. The van der Waals surface area contributed by atoms with E-state index in [1.807, 2.05) is 92.0 Å². The van der Waals surface area contributed by atoms with E-state index in [-0.39, 0.29) is 26.7 Å². The van der Waals surface area contributed by atoms with Crippen molar-refractivity contribution < 1.29 is 35.3 Å². The first-order valence-corrected chi connectivity index (χ1v) is 31.3. The van der Waals surface area contributed by atoms with Crippen LogP contribution in [0.25, 0.3) is 61.4 Å². The molecule has 11 aromatic rings. The van der Waals surface area contributed by atoms with E-state index in [2.05, 4.69) is 116 Å². The molecular weight excluding hydrogens is 1530 g/mol. The van der Waals surface area contributed by atoms with E-state index in [1.54, 1.807) is 92.2 Å². The van der Waals surface area contributed by atoms with Gasteiger partial charge in [-0.05, 0) is 180 Å². The predicted molar refractivity (Wildman–Crippen MR) is 408 cm³/mol. The van der Waals surface area contributed by atoms with Crippen LogP contribution in [0.5, 0.6) is 0 Å². The normalized spacial score (nSPS) is 10.4. The Morgan fingerprint density at radius 2 is 1.05 bits per heavy atom. The average molecular weight is 1600 g/mol. The van der Waals surface area contributed by atoms with Crippen LogP contribution in [0.4, 0.5) is 39.3 Å². The summed E-state index contributed by atoms with van der Waals surface area (Å²) >= 11 is 20.5. The molecule has 31 heteroatoms. The van der Waals surface area contributed by atoms with Crippen molar-refractivity contribution in [1.82, 2.24) is 59.2 Å². The number of nitrogen functional groups attached to an aromatic ring is 2. The van der Waals surface area contributed by atoms with Crippen LogP contribution in [-0.4, -0.2) is 126 Å². The Kier molecular flexibility index (Phi) is 30.0. The van der Waals surface area contributed by atoms with Gasteiger partial charge in [-0.15, -0.1) is 0 Å². The zero-order valence-electron chi connectivity index (χ0n) is 53.2. The Labute approximate surface area is 605 Å². The van der Waals surface area contributed by atoms with Gasteiger partial charge in [-0.1, -0.05) is 114 Å². The number of hydrogen-bond donors (Lipinski definition) is 6. The van der Waals surface area contributed by atoms with Gasteiger partial charge in [-0.3, -0.25) is 19.7 Å². The first-order valence-electron chi connectivity index (χ1n) is 28.7. The summed E-state index contributed by atoms with van der Waals surface area (Å²) < 4.78 is 18.0. The van der Waals surface area contributed by atoms with Crippen molar-refractivity contribution in [1.29, 1.82) is 0 Å². The van der Waals surface area contributed by atoms with E-state index in [9.17, 15) is 19.2 Å². The minimum Gasteiger partial charge on any atom is -0.444 e. The van der Waals surface area contributed by atoms with E-state index in [4.69, 9.17) is 67.5 Å². The molecule has 3 amide bonds. The molecule has 0 saturated heterocycles. The van der Waals surface area contributed by atoms with Crippen LogP contribution in [0.1, 0.15) is 50.8 Å². The number of rotatable bonds is 12. The number of carbonyl (C=O) groups excluding carboxylic acids is 4. The smallest absolute Gasteiger partial charge is 0.444 e. The van der Waals surface area contributed by atoms with Gasteiger partial charge in [0.2, 0.25) is 17.1 Å². The summed E-state index contributed by atoms with van der Waals surface area (Å²) in [5.74, 6) is 0.696. The van der Waals surface area contributed by atoms with Crippen molar-refractivity contribution in [3.8, 4) is 28.3 Å². The van der Waals surface area contributed by atoms with E-state index < -0.39 is 24.1 Å². The number of anilines is 6. The first-order chi connectivity index (χ1) is 45.7. The molecule has 11 rings (SSSR count). The Hall–Kier alpha value is -9.44. The molecule has 0 atom stereocenters. The summed E-state index contributed by atoms with van der Waals surface area (Å²) in [5.41, 5.74) is 20.0. The second kappa shape index (κ2) is 37.2. The molecule has 8 N–H and O–H groups in total. The van der Waals surface area contributed by atoms with Gasteiger partial charge in [-0.25, -0.2) is 48.7 Å². The maximum atomic E-state index is 12.1. The third kappa shape index (κ3) is 21.0. The molecule has 0 aliphatic heterocycles. The molecule has 6 heterocycles. The van der Waals surface area contributed by atoms with Gasteiger partial charge in [0.15, 0.2) is 22.8 Å². The highest BCUT2D eigenvalue weighted by Gasteiger charge is 2.23. The Morgan fingerprint density at radius 1 is 0.639 bits per heavy atom. The van der Waals surface area contributed by atoms with Crippen LogP contribution < -0.4 is 37.4 Å². The second-order valence-electron chi connectivity index (χ2n) is 20.1. The average Bonchev–Trinajstić information content (AvgIpc) is 1.63. The predicted octanol–water partition coefficient (Wildman–Crippen LogP) is 13.1. The summed E-state index contributed by atoms with van der Waals surface area (Å²) in [4.78, 5) is 73.6. The number of benzene rings is 5. The monoisotopic (exact) mass is 1600 g/mol. The number of fused-ring (bicyclic) bond motifs is 3. The van der Waals surface area contributed by atoms with Gasteiger partial charge in [-0.2, -0.15) is 15.3 Å². The fourth-order valence-electron chi connectivity index (χ4n) is 8.29. The maximum Gasteiger partial charge on any atom is 0.488 e. The fourth-order valence-corrected chi connectivity index (χ4v) is 9.99. The number of nitrogens with two attached hydrogens (primary N) is 2. The molecule has 5 aromatic carbocycles. The number of aromatic nitrogens is 12. The third-order valence-corrected chi connectivity index (χ3v) is 14.9. The van der Waals surface area contributed by atoms with E-state index in [1.165, 1.54) is 40.9 Å². The van der Waals surface area contributed by atoms with Gasteiger partial charge in [0.25, 0.3) is 0 Å². The lowest BCUT2D eigenvalue weighted by Gasteiger charge is -2.19. The van der Waals surface area contributed by atoms with Crippen LogP contribution in [0, 0.1) is 7.40 Å². The van der Waals surface area contributed by atoms with E-state index in [0.29, 0.717) is 88.0 Å². The minimum atomic E-state index is -1.41. The highest BCUT2D eigenvalue weighted by atomic mass is 127. The second-order valence-corrected chi connectivity index (χ2v) is 23.4. The molecule has 97 heavy (non-hydrogen) atoms. The largest absolute Gasteiger partial charge is 0.488 e. The van der Waals surface area contributed by atoms with Crippen molar-refractivity contribution in [3.05, 3.63) is 196 Å². The van der Waals surface area contributed by atoms with Crippen molar-refractivity contribution in [2.45, 2.75) is 55.0 Å². The van der Waals surface area contributed by atoms with Crippen molar-refractivity contribution in [3.63, 3.8) is 0 Å². The Bertz CT molecular complexity index is 4580. The van der Waals surface area contributed by atoms with E-state index >= 15 is 0 Å². The number of carbonyl (C=O) groups is 4. The van der Waals surface area contributed by atoms with Crippen LogP contribution >= 0.6 is 80.0 Å². The lowest BCUT2D eigenvalue weighted by molar-refractivity contribution is -0.114. The Balaban J connectivity index is 0.000000275. The number of hydrogen-bond acceptors (Lipinski definition) is 19. The van der Waals surface area contributed by atoms with Gasteiger partial charge in [0.1, 0.15) is 49.3 Å². The van der Waals surface area contributed by atoms with Crippen LogP contribution in [0.15, 0.2) is 178 Å². The number of ether oxygens (including phenoxy) is 1. The molecule has 0 aliphatic carbocycles. The van der Waals surface area contributed by atoms with Crippen LogP contribution in [0.3, 0.4) is 0 Å². The van der Waals surface area contributed by atoms with Crippen molar-refractivity contribution in [2.75, 3.05) is 53.0 Å². The highest BCUT2D eigenvalue weighted by Crippen LogP contribution is 2.34. The summed E-state index contributed by atoms with van der Waals surface area (Å²) in [5, 5.41) is 39.6. The molecular formula is C66H72BCl3I2N18O7. The van der Waals surface area contributed by atoms with Crippen molar-refractivity contribution in [2.24, 2.45) is 0 Å². The molecule has 506 valence electrons. The topological polar surface area (TPSA) is 331 Å². The van der Waals surface area contributed by atoms with Gasteiger partial charge in [0, 0.05) is 55.2 Å². The number of allylic oxidation sites excluding steroid dienone is 1. The van der Waals surface area contributed by atoms with Gasteiger partial charge in [0.05, 0.1) is 33.2 Å². The summed E-state index contributed by atoms with van der Waals surface area (Å²) in [6, 6.07) is 36.3. The lowest BCUT2D eigenvalue weighted by atomic mass is 9.81. The van der Waals surface area contributed by atoms with E-state index in [0.717, 1.165) is 43.8 Å². The zero-order chi connectivity index (χ0) is 70.6. The molecule has 0 unspecified atom stereocenters. The standard InChI is InChI=1S/C21H17ClN6O.C17H19IN6O2.C15H13IN6O.C6H6BClO2.C3H3ClO.C2H6.2CH4/c1-3-17(29)27(2)15-5-4-6-16(11-15)28-21-18(20(23)24-12-25-21)19(26-28)13-7-9-14(22)10-8-13;1-17(2,3)26-16(25)22-14-12-13(18)23-24(15(12)21-9-20-14)11-7-5-6-10(8-11)19-4;1-3-11(23)21(2)9-5-4-6-10(7-9)22-15-12(13(16)20-22)14(17)18-8-19-15;8-6-3-1-5(2-4-6)7(9)10;1-2-3(4)5;1-2;;/h3-12H,1H2,2H3,(H2,23,24,25);5-9,19H,1-4H3,(H,20,21,22,25);3-8H,1H2,2H3,(H2,17,18,19);1-4,9-10H;2H,1H2;1-2H3;2*1H4/i;;;;;1D;;. The summed E-state index contributed by atoms with van der Waals surface area (Å²) in [6.45, 7) is 17.8. The van der Waals surface area contributed by atoms with Gasteiger partial charge < -0.3 is 41.4 Å². The molecule has 0 saturated carbocycles. The molecule has 0 bridgehead atoms. The first kappa shape index (κ1) is 78.3. The number of nitrogens with one attached hydrogen (secondary N) is 2. The SMILES string of the molecule is C.C.C=CC(=O)Cl.C=CC(=O)N(C)c1cccc(-n2nc(-c3ccc(Cl)cc3)c3c(N)ncnc32)c1.C=CC(=O)N(C)c1cccc(-n2nc(I)c3c(N)ncnc32)c1.CNc1cccc(-n2nc(I)c3c(NC(=O)OC(C)(C)C)ncnc32)c1.OB(O)c1ccc(Cl)cc1.[2H]CC. The lowest BCUT2D eigenvalue weighted by Crippen LogP contribution is -2.29.